The smallest absolute Gasteiger partial charge is 0.162 e. The molecule has 19 heavy (non-hydrogen) atoms. The van der Waals surface area contributed by atoms with Crippen molar-refractivity contribution in [1.82, 2.24) is 5.32 Å². The molecule has 0 aliphatic carbocycles. The maximum Gasteiger partial charge on any atom is 0.162 e. The zero-order valence-corrected chi connectivity index (χ0v) is 12.1. The zero-order valence-electron chi connectivity index (χ0n) is 11.3. The van der Waals surface area contributed by atoms with Crippen LogP contribution in [0.25, 0.3) is 0 Å². The molecule has 1 aromatic carbocycles. The average molecular weight is 281 g/mol. The van der Waals surface area contributed by atoms with Gasteiger partial charge in [0, 0.05) is 17.0 Å². The Morgan fingerprint density at radius 3 is 2.68 bits per heavy atom. The molecule has 2 aliphatic heterocycles. The molecule has 5 heteroatoms. The third kappa shape index (κ3) is 2.15. The molecule has 0 amide bonds. The van der Waals surface area contributed by atoms with Gasteiger partial charge < -0.3 is 14.8 Å². The number of hydrogen-bond donors (Lipinski definition) is 1. The van der Waals surface area contributed by atoms with Crippen molar-refractivity contribution in [2.75, 3.05) is 19.8 Å². The molecule has 104 valence electrons. The van der Waals surface area contributed by atoms with E-state index in [-0.39, 0.29) is 11.3 Å². The average Bonchev–Trinajstić information content (AvgIpc) is 2.67. The van der Waals surface area contributed by atoms with E-state index < -0.39 is 10.8 Å². The predicted molar refractivity (Wildman–Crippen MR) is 74.3 cm³/mol. The van der Waals surface area contributed by atoms with Gasteiger partial charge in [0.05, 0.1) is 16.0 Å². The van der Waals surface area contributed by atoms with Crippen LogP contribution in [0.3, 0.4) is 0 Å². The van der Waals surface area contributed by atoms with Crippen LogP contribution >= 0.6 is 0 Å². The summed E-state index contributed by atoms with van der Waals surface area (Å²) in [5, 5.41) is 3.57. The summed E-state index contributed by atoms with van der Waals surface area (Å²) in [4.78, 5) is 0.894. The molecule has 2 aliphatic rings. The first kappa shape index (κ1) is 12.9. The van der Waals surface area contributed by atoms with Gasteiger partial charge in [-0.3, -0.25) is 4.21 Å². The topological polar surface area (TPSA) is 47.6 Å². The van der Waals surface area contributed by atoms with Crippen LogP contribution in [0.5, 0.6) is 11.5 Å². The van der Waals surface area contributed by atoms with E-state index in [0.29, 0.717) is 13.2 Å². The number of benzene rings is 1. The zero-order chi connectivity index (χ0) is 13.4. The fourth-order valence-electron chi connectivity index (χ4n) is 2.66. The Balaban J connectivity index is 2.00. The van der Waals surface area contributed by atoms with Crippen molar-refractivity contribution >= 4 is 10.8 Å². The standard InChI is InChI=1S/C14H19NO3S/c1-3-4-15-14-9(2)19(16)13-8-12-11(7-10(13)14)17-5-6-18-12/h7-9,14-15H,3-6H2,1-2H3. The normalized spacial score (nSPS) is 28.2. The van der Waals surface area contributed by atoms with E-state index in [1.807, 2.05) is 19.1 Å². The quantitative estimate of drug-likeness (QED) is 0.920. The van der Waals surface area contributed by atoms with Gasteiger partial charge in [0.2, 0.25) is 0 Å². The molecular weight excluding hydrogens is 262 g/mol. The highest BCUT2D eigenvalue weighted by Gasteiger charge is 2.37. The number of fused-ring (bicyclic) bond motifs is 2. The van der Waals surface area contributed by atoms with Crippen LogP contribution in [0.1, 0.15) is 31.9 Å². The van der Waals surface area contributed by atoms with Gasteiger partial charge in [0.1, 0.15) is 13.2 Å². The van der Waals surface area contributed by atoms with E-state index >= 15 is 0 Å². The number of nitrogens with one attached hydrogen (secondary N) is 1. The first-order valence-electron chi connectivity index (χ1n) is 6.80. The van der Waals surface area contributed by atoms with Gasteiger partial charge in [-0.25, -0.2) is 0 Å². The Labute approximate surface area is 115 Å². The lowest BCUT2D eigenvalue weighted by atomic mass is 10.0. The van der Waals surface area contributed by atoms with Crippen molar-refractivity contribution in [3.63, 3.8) is 0 Å². The highest BCUT2D eigenvalue weighted by molar-refractivity contribution is 7.86. The molecule has 1 N–H and O–H groups in total. The Morgan fingerprint density at radius 2 is 2.00 bits per heavy atom. The Hall–Kier alpha value is -1.07. The minimum absolute atomic E-state index is 0.0883. The second-order valence-electron chi connectivity index (χ2n) is 4.97. The summed E-state index contributed by atoms with van der Waals surface area (Å²) in [6, 6.07) is 4.04. The van der Waals surface area contributed by atoms with Crippen LogP contribution in [0.2, 0.25) is 0 Å². The molecule has 4 nitrogen and oxygen atoms in total. The van der Waals surface area contributed by atoms with Gasteiger partial charge in [0.25, 0.3) is 0 Å². The van der Waals surface area contributed by atoms with Gasteiger partial charge in [-0.05, 0) is 31.5 Å². The van der Waals surface area contributed by atoms with E-state index in [9.17, 15) is 4.21 Å². The summed E-state index contributed by atoms with van der Waals surface area (Å²) in [5.74, 6) is 1.50. The van der Waals surface area contributed by atoms with Crippen LogP contribution in [0, 0.1) is 0 Å². The number of rotatable bonds is 3. The maximum atomic E-state index is 12.4. The summed E-state index contributed by atoms with van der Waals surface area (Å²) >= 11 is 0. The van der Waals surface area contributed by atoms with E-state index in [1.54, 1.807) is 0 Å². The fraction of sp³-hybridized carbons (Fsp3) is 0.571. The molecule has 3 rings (SSSR count). The first-order chi connectivity index (χ1) is 9.22. The van der Waals surface area contributed by atoms with Crippen LogP contribution in [0.15, 0.2) is 17.0 Å². The Bertz CT molecular complexity index is 518. The van der Waals surface area contributed by atoms with Crippen molar-refractivity contribution in [3.8, 4) is 11.5 Å². The minimum atomic E-state index is -0.972. The SMILES string of the molecule is CCCNC1c2cc3c(cc2S(=O)C1C)OCCO3. The van der Waals surface area contributed by atoms with Crippen LogP contribution in [-0.4, -0.2) is 29.2 Å². The Morgan fingerprint density at radius 1 is 1.32 bits per heavy atom. The molecule has 0 radical (unpaired) electrons. The van der Waals surface area contributed by atoms with Crippen LogP contribution < -0.4 is 14.8 Å². The van der Waals surface area contributed by atoms with Gasteiger partial charge in [-0.15, -0.1) is 0 Å². The summed E-state index contributed by atoms with van der Waals surface area (Å²) in [6.07, 6.45) is 1.07. The van der Waals surface area contributed by atoms with E-state index in [2.05, 4.69) is 12.2 Å². The van der Waals surface area contributed by atoms with E-state index in [4.69, 9.17) is 9.47 Å². The van der Waals surface area contributed by atoms with Gasteiger partial charge in [0.15, 0.2) is 11.5 Å². The highest BCUT2D eigenvalue weighted by atomic mass is 32.2. The van der Waals surface area contributed by atoms with Crippen molar-refractivity contribution in [2.45, 2.75) is 36.5 Å². The second-order valence-corrected chi connectivity index (χ2v) is 6.75. The number of ether oxygens (including phenoxy) is 2. The monoisotopic (exact) mass is 281 g/mol. The van der Waals surface area contributed by atoms with Gasteiger partial charge >= 0.3 is 0 Å². The molecule has 0 bridgehead atoms. The third-order valence-corrected chi connectivity index (χ3v) is 5.38. The molecule has 3 atom stereocenters. The van der Waals surface area contributed by atoms with E-state index in [0.717, 1.165) is 34.9 Å². The highest BCUT2D eigenvalue weighted by Crippen LogP contribution is 2.43. The van der Waals surface area contributed by atoms with Gasteiger partial charge in [-0.1, -0.05) is 6.92 Å². The summed E-state index contributed by atoms with van der Waals surface area (Å²) < 4.78 is 23.6. The summed E-state index contributed by atoms with van der Waals surface area (Å²) in [7, 11) is -0.972. The lowest BCUT2D eigenvalue weighted by Crippen LogP contribution is -2.28. The van der Waals surface area contributed by atoms with Crippen LogP contribution in [-0.2, 0) is 10.8 Å². The number of hydrogen-bond acceptors (Lipinski definition) is 4. The molecule has 3 unspecified atom stereocenters. The van der Waals surface area contributed by atoms with Crippen LogP contribution in [0.4, 0.5) is 0 Å². The predicted octanol–water partition coefficient (Wildman–Crippen LogP) is 2.01. The first-order valence-corrected chi connectivity index (χ1v) is 8.01. The van der Waals surface area contributed by atoms with Gasteiger partial charge in [-0.2, -0.15) is 0 Å². The molecule has 0 saturated heterocycles. The molecule has 0 aromatic heterocycles. The lowest BCUT2D eigenvalue weighted by molar-refractivity contribution is 0.170. The largest absolute Gasteiger partial charge is 0.486 e. The molecule has 0 fully saturated rings. The van der Waals surface area contributed by atoms with E-state index in [1.165, 1.54) is 0 Å². The minimum Gasteiger partial charge on any atom is -0.486 e. The fourth-order valence-corrected chi connectivity index (χ4v) is 4.19. The van der Waals surface area contributed by atoms with Crippen molar-refractivity contribution in [3.05, 3.63) is 17.7 Å². The Kier molecular flexibility index (Phi) is 3.50. The molecule has 2 heterocycles. The maximum absolute atomic E-state index is 12.4. The summed E-state index contributed by atoms with van der Waals surface area (Å²) in [5.41, 5.74) is 1.10. The summed E-state index contributed by atoms with van der Waals surface area (Å²) in [6.45, 7) is 6.24. The second kappa shape index (κ2) is 5.13. The molecule has 0 saturated carbocycles. The molecule has 0 spiro atoms. The van der Waals surface area contributed by atoms with Crippen molar-refractivity contribution in [1.29, 1.82) is 0 Å². The lowest BCUT2D eigenvalue weighted by Gasteiger charge is -2.21. The van der Waals surface area contributed by atoms with Crippen molar-refractivity contribution in [2.24, 2.45) is 0 Å². The third-order valence-electron chi connectivity index (χ3n) is 3.65. The molecule has 1 aromatic rings. The molecular formula is C14H19NO3S. The van der Waals surface area contributed by atoms with Crippen molar-refractivity contribution < 1.29 is 13.7 Å².